The minimum atomic E-state index is -0.521. The SMILES string of the molecule is Cc1ccc(-n2c(-c3ccccc3)cc(/C=c3/sc4n(c3=O)[C@H](c3cccc([N+](=O)[O-])c3)C3=C(N=4)c4ccccc4CC3)c2-c2ccccc2)cc1. The quantitative estimate of drug-likeness (QED) is 0.129. The lowest BCUT2D eigenvalue weighted by molar-refractivity contribution is -0.384. The molecule has 1 aliphatic heterocycles. The van der Waals surface area contributed by atoms with Gasteiger partial charge >= 0.3 is 0 Å². The van der Waals surface area contributed by atoms with E-state index >= 15 is 0 Å². The Balaban J connectivity index is 1.32. The van der Waals surface area contributed by atoms with Crippen molar-refractivity contribution in [3.63, 3.8) is 0 Å². The van der Waals surface area contributed by atoms with Crippen molar-refractivity contribution in [3.8, 4) is 28.2 Å². The van der Waals surface area contributed by atoms with Crippen LogP contribution in [-0.2, 0) is 6.42 Å². The molecule has 0 N–H and O–H groups in total. The zero-order valence-electron chi connectivity index (χ0n) is 28.3. The molecule has 52 heavy (non-hydrogen) atoms. The van der Waals surface area contributed by atoms with Gasteiger partial charge in [0.15, 0.2) is 4.80 Å². The first kappa shape index (κ1) is 31.6. The van der Waals surface area contributed by atoms with Crippen molar-refractivity contribution in [2.45, 2.75) is 25.8 Å². The van der Waals surface area contributed by atoms with Crippen LogP contribution in [0.2, 0.25) is 0 Å². The topological polar surface area (TPSA) is 82.4 Å². The summed E-state index contributed by atoms with van der Waals surface area (Å²) >= 11 is 1.36. The number of nitrogens with zero attached hydrogens (tertiary/aromatic N) is 4. The summed E-state index contributed by atoms with van der Waals surface area (Å²) in [4.78, 5) is 32.0. The number of benzene rings is 5. The van der Waals surface area contributed by atoms with Crippen molar-refractivity contribution in [3.05, 3.63) is 203 Å². The fraction of sp³-hybridized carbons (Fsp3) is 0.0909. The van der Waals surface area contributed by atoms with Crippen LogP contribution in [0.15, 0.2) is 155 Å². The lowest BCUT2D eigenvalue weighted by Gasteiger charge is -2.30. The normalized spacial score (nSPS) is 15.1. The van der Waals surface area contributed by atoms with E-state index in [2.05, 4.69) is 78.2 Å². The van der Waals surface area contributed by atoms with E-state index in [1.165, 1.54) is 28.5 Å². The third kappa shape index (κ3) is 5.36. The first-order valence-corrected chi connectivity index (χ1v) is 18.1. The Labute approximate surface area is 303 Å². The second kappa shape index (κ2) is 12.7. The van der Waals surface area contributed by atoms with Crippen LogP contribution in [0.3, 0.4) is 0 Å². The van der Waals surface area contributed by atoms with Crippen LogP contribution in [0.4, 0.5) is 5.69 Å². The Morgan fingerprint density at radius 3 is 2.27 bits per heavy atom. The molecule has 0 radical (unpaired) electrons. The molecule has 1 atom stereocenters. The number of allylic oxidation sites excluding steroid dienone is 1. The minimum absolute atomic E-state index is 0.00613. The Hall–Kier alpha value is -6.38. The molecule has 5 aromatic carbocycles. The molecule has 0 unspecified atom stereocenters. The number of fused-ring (bicyclic) bond motifs is 3. The predicted molar refractivity (Wildman–Crippen MR) is 207 cm³/mol. The highest BCUT2D eigenvalue weighted by molar-refractivity contribution is 7.07. The highest BCUT2D eigenvalue weighted by atomic mass is 32.1. The molecule has 0 saturated carbocycles. The highest BCUT2D eigenvalue weighted by Gasteiger charge is 2.33. The van der Waals surface area contributed by atoms with Gasteiger partial charge in [-0.3, -0.25) is 19.5 Å². The number of hydrogen-bond donors (Lipinski definition) is 0. The number of nitro groups is 1. The first-order valence-electron chi connectivity index (χ1n) is 17.3. The van der Waals surface area contributed by atoms with Crippen LogP contribution in [0.1, 0.15) is 40.3 Å². The molecule has 2 aliphatic rings. The average Bonchev–Trinajstić information content (AvgIpc) is 3.71. The highest BCUT2D eigenvalue weighted by Crippen LogP contribution is 2.42. The van der Waals surface area contributed by atoms with Gasteiger partial charge < -0.3 is 4.57 Å². The number of nitro benzene ring substituents is 1. The summed E-state index contributed by atoms with van der Waals surface area (Å²) in [6.07, 6.45) is 3.49. The summed E-state index contributed by atoms with van der Waals surface area (Å²) in [5.41, 5.74) is 11.8. The van der Waals surface area contributed by atoms with Gasteiger partial charge in [-0.25, -0.2) is 4.99 Å². The molecule has 0 fully saturated rings. The maximum Gasteiger partial charge on any atom is 0.271 e. The van der Waals surface area contributed by atoms with Gasteiger partial charge in [0.1, 0.15) is 0 Å². The standard InChI is InChI=1S/C44H32N4O3S/c1-28-19-22-34(23-20-28)46-38(30-12-4-2-5-13-30)26-33(41(46)31-14-6-3-7-15-31)27-39-43(49)47-42(32-16-10-17-35(25-32)48(50)51)37-24-21-29-11-8-9-18-36(29)40(37)45-44(47)52-39/h2-20,22-23,25-27,42H,21,24H2,1H3/b39-27+/t42-/m1/s1. The number of hydrogen-bond acceptors (Lipinski definition) is 5. The lowest BCUT2D eigenvalue weighted by Crippen LogP contribution is -2.38. The van der Waals surface area contributed by atoms with Crippen LogP contribution in [0, 0.1) is 17.0 Å². The van der Waals surface area contributed by atoms with Gasteiger partial charge in [-0.15, -0.1) is 0 Å². The second-order valence-corrected chi connectivity index (χ2v) is 14.2. The van der Waals surface area contributed by atoms with Crippen LogP contribution >= 0.6 is 11.3 Å². The van der Waals surface area contributed by atoms with Crippen molar-refractivity contribution >= 4 is 28.8 Å². The first-order chi connectivity index (χ1) is 25.4. The molecule has 8 heteroatoms. The molecule has 9 rings (SSSR count). The lowest BCUT2D eigenvalue weighted by atomic mass is 9.83. The number of thiazole rings is 1. The van der Waals surface area contributed by atoms with Gasteiger partial charge in [0, 0.05) is 28.9 Å². The summed E-state index contributed by atoms with van der Waals surface area (Å²) in [7, 11) is 0. The van der Waals surface area contributed by atoms with Crippen molar-refractivity contribution in [2.24, 2.45) is 4.99 Å². The third-order valence-electron chi connectivity index (χ3n) is 10.00. The molecule has 0 amide bonds. The molecule has 0 saturated heterocycles. The molecular formula is C44H32N4O3S. The molecule has 252 valence electrons. The van der Waals surface area contributed by atoms with Gasteiger partial charge in [0.2, 0.25) is 0 Å². The molecular weight excluding hydrogens is 665 g/mol. The van der Waals surface area contributed by atoms with Gasteiger partial charge in [-0.1, -0.05) is 126 Å². The summed E-state index contributed by atoms with van der Waals surface area (Å²) in [5, 5.41) is 11.9. The fourth-order valence-corrected chi connectivity index (χ4v) is 8.58. The van der Waals surface area contributed by atoms with Crippen molar-refractivity contribution in [2.75, 3.05) is 0 Å². The summed E-state index contributed by atoms with van der Waals surface area (Å²) in [5.74, 6) is 0. The predicted octanol–water partition coefficient (Wildman–Crippen LogP) is 8.66. The molecule has 7 nitrogen and oxygen atoms in total. The zero-order valence-corrected chi connectivity index (χ0v) is 29.1. The molecule has 0 spiro atoms. The van der Waals surface area contributed by atoms with Crippen LogP contribution < -0.4 is 14.9 Å². The van der Waals surface area contributed by atoms with E-state index in [0.29, 0.717) is 21.3 Å². The average molecular weight is 697 g/mol. The van der Waals surface area contributed by atoms with Crippen LogP contribution in [0.5, 0.6) is 0 Å². The van der Waals surface area contributed by atoms with Gasteiger partial charge in [-0.05, 0) is 71.9 Å². The smallest absolute Gasteiger partial charge is 0.271 e. The Kier molecular flexibility index (Phi) is 7.74. The molecule has 1 aliphatic carbocycles. The van der Waals surface area contributed by atoms with Crippen molar-refractivity contribution < 1.29 is 4.92 Å². The van der Waals surface area contributed by atoms with Crippen LogP contribution in [-0.4, -0.2) is 14.1 Å². The van der Waals surface area contributed by atoms with Crippen molar-refractivity contribution in [1.29, 1.82) is 0 Å². The van der Waals surface area contributed by atoms with E-state index in [4.69, 9.17) is 4.99 Å². The van der Waals surface area contributed by atoms with E-state index in [1.54, 1.807) is 16.7 Å². The van der Waals surface area contributed by atoms with E-state index in [0.717, 1.165) is 57.0 Å². The van der Waals surface area contributed by atoms with Crippen LogP contribution in [0.25, 0.3) is 40.0 Å². The second-order valence-electron chi connectivity index (χ2n) is 13.2. The van der Waals surface area contributed by atoms with Gasteiger partial charge in [0.05, 0.1) is 32.6 Å². The number of aromatic nitrogens is 2. The monoisotopic (exact) mass is 696 g/mol. The van der Waals surface area contributed by atoms with E-state index in [9.17, 15) is 14.9 Å². The Morgan fingerprint density at radius 1 is 0.808 bits per heavy atom. The maximum atomic E-state index is 14.8. The maximum absolute atomic E-state index is 14.8. The number of rotatable bonds is 6. The molecule has 0 bridgehead atoms. The zero-order chi connectivity index (χ0) is 35.3. The van der Waals surface area contributed by atoms with Crippen molar-refractivity contribution in [1.82, 2.24) is 9.13 Å². The Morgan fingerprint density at radius 2 is 1.52 bits per heavy atom. The fourth-order valence-electron chi connectivity index (χ4n) is 7.59. The summed E-state index contributed by atoms with van der Waals surface area (Å²) in [6.45, 7) is 2.08. The van der Waals surface area contributed by atoms with Gasteiger partial charge in [0.25, 0.3) is 11.2 Å². The Bertz CT molecular complexity index is 2740. The van der Waals surface area contributed by atoms with E-state index < -0.39 is 6.04 Å². The summed E-state index contributed by atoms with van der Waals surface area (Å²) < 4.78 is 4.56. The van der Waals surface area contributed by atoms with E-state index in [1.807, 2.05) is 60.7 Å². The number of aryl methyl sites for hydroxylation is 2. The summed E-state index contributed by atoms with van der Waals surface area (Å²) in [6, 6.07) is 45.6. The van der Waals surface area contributed by atoms with Gasteiger partial charge in [-0.2, -0.15) is 0 Å². The van der Waals surface area contributed by atoms with E-state index in [-0.39, 0.29) is 16.2 Å². The molecule has 7 aromatic rings. The third-order valence-corrected chi connectivity index (χ3v) is 11.0. The number of non-ortho nitro benzene ring substituents is 1. The molecule has 2 aromatic heterocycles. The molecule has 3 heterocycles. The minimum Gasteiger partial charge on any atom is -0.309 e. The largest absolute Gasteiger partial charge is 0.309 e.